The van der Waals surface area contributed by atoms with Crippen LogP contribution in [0.4, 0.5) is 4.39 Å². The molecule has 2 rings (SSSR count). The molecule has 10 heavy (non-hydrogen) atoms. The van der Waals surface area contributed by atoms with Crippen LogP contribution < -0.4 is 5.32 Å². The molecule has 2 fully saturated rings. The van der Waals surface area contributed by atoms with E-state index in [4.69, 9.17) is 0 Å². The fourth-order valence-electron chi connectivity index (χ4n) is 2.15. The Kier molecular flexibility index (Phi) is 1.44. The largest absolute Gasteiger partial charge is 0.317 e. The van der Waals surface area contributed by atoms with Crippen molar-refractivity contribution < 1.29 is 4.39 Å². The molecule has 2 heteroatoms. The molecular formula is C8H14FN. The molecule has 0 aromatic heterocycles. The van der Waals surface area contributed by atoms with Gasteiger partial charge in [0.05, 0.1) is 0 Å². The van der Waals surface area contributed by atoms with Crippen LogP contribution in [0.3, 0.4) is 0 Å². The molecule has 1 nitrogen and oxygen atoms in total. The summed E-state index contributed by atoms with van der Waals surface area (Å²) in [6.45, 7) is 2.06. The van der Waals surface area contributed by atoms with Crippen molar-refractivity contribution >= 4 is 0 Å². The number of rotatable bonds is 0. The molecule has 0 aromatic carbocycles. The second-order valence-electron chi connectivity index (χ2n) is 3.62. The lowest BCUT2D eigenvalue weighted by Crippen LogP contribution is -2.49. The number of halogens is 1. The van der Waals surface area contributed by atoms with E-state index in [1.807, 2.05) is 0 Å². The van der Waals surface area contributed by atoms with Gasteiger partial charge in [-0.1, -0.05) is 0 Å². The lowest BCUT2D eigenvalue weighted by molar-refractivity contribution is -0.0278. The first-order valence-corrected chi connectivity index (χ1v) is 4.18. The molecule has 1 spiro atoms. The van der Waals surface area contributed by atoms with Crippen LogP contribution in [0.5, 0.6) is 0 Å². The maximum Gasteiger partial charge on any atom is 0.106 e. The number of hydrogen-bond acceptors (Lipinski definition) is 1. The Morgan fingerprint density at radius 1 is 1.20 bits per heavy atom. The first-order valence-electron chi connectivity index (χ1n) is 4.18. The molecule has 1 saturated carbocycles. The van der Waals surface area contributed by atoms with Gasteiger partial charge in [-0.15, -0.1) is 0 Å². The summed E-state index contributed by atoms with van der Waals surface area (Å²) in [6.07, 6.45) is 3.60. The van der Waals surface area contributed by atoms with E-state index in [0.29, 0.717) is 0 Å². The highest BCUT2D eigenvalue weighted by Gasteiger charge is 2.47. The standard InChI is InChI=1S/C8H14FN/c9-7-1-2-8(7)3-5-10-6-4-8/h7,10H,1-6H2/t7-/m0/s1. The van der Waals surface area contributed by atoms with Crippen LogP contribution in [0.25, 0.3) is 0 Å². The summed E-state index contributed by atoms with van der Waals surface area (Å²) in [6, 6.07) is 0. The van der Waals surface area contributed by atoms with Gasteiger partial charge in [-0.25, -0.2) is 4.39 Å². The van der Waals surface area contributed by atoms with Crippen molar-refractivity contribution in [1.29, 1.82) is 0 Å². The van der Waals surface area contributed by atoms with Crippen LogP contribution in [0, 0.1) is 5.41 Å². The Morgan fingerprint density at radius 3 is 2.20 bits per heavy atom. The number of hydrogen-bond donors (Lipinski definition) is 1. The number of nitrogens with one attached hydrogen (secondary N) is 1. The zero-order valence-electron chi connectivity index (χ0n) is 6.20. The van der Waals surface area contributed by atoms with Crippen molar-refractivity contribution in [3.8, 4) is 0 Å². The average molecular weight is 143 g/mol. The Bertz CT molecular complexity index is 129. The van der Waals surface area contributed by atoms with E-state index in [2.05, 4.69) is 5.32 Å². The Morgan fingerprint density at radius 2 is 1.90 bits per heavy atom. The topological polar surface area (TPSA) is 12.0 Å². The van der Waals surface area contributed by atoms with Crippen LogP contribution in [0.2, 0.25) is 0 Å². The molecule has 0 radical (unpaired) electrons. The van der Waals surface area contributed by atoms with Crippen molar-refractivity contribution in [3.05, 3.63) is 0 Å². The lowest BCUT2D eigenvalue weighted by atomic mass is 9.62. The Labute approximate surface area is 61.0 Å². The van der Waals surface area contributed by atoms with Gasteiger partial charge in [-0.2, -0.15) is 0 Å². The van der Waals surface area contributed by atoms with Crippen molar-refractivity contribution in [2.45, 2.75) is 31.9 Å². The zero-order chi connectivity index (χ0) is 7.03. The first-order chi connectivity index (χ1) is 4.83. The molecule has 2 aliphatic rings. The lowest BCUT2D eigenvalue weighted by Gasteiger charge is -2.48. The van der Waals surface area contributed by atoms with E-state index in [-0.39, 0.29) is 5.41 Å². The molecule has 1 N–H and O–H groups in total. The monoisotopic (exact) mass is 143 g/mol. The van der Waals surface area contributed by atoms with E-state index in [0.717, 1.165) is 38.8 Å². The third-order valence-electron chi connectivity index (χ3n) is 3.16. The predicted octanol–water partition coefficient (Wildman–Crippen LogP) is 1.49. The van der Waals surface area contributed by atoms with Gasteiger partial charge in [-0.3, -0.25) is 0 Å². The molecule has 58 valence electrons. The smallest absolute Gasteiger partial charge is 0.106 e. The third kappa shape index (κ3) is 0.782. The molecule has 0 bridgehead atoms. The van der Waals surface area contributed by atoms with Gasteiger partial charge in [0.25, 0.3) is 0 Å². The van der Waals surface area contributed by atoms with Gasteiger partial charge in [0.1, 0.15) is 6.17 Å². The SMILES string of the molecule is F[C@H]1CCC12CCNCC2. The molecule has 1 aliphatic carbocycles. The molecule has 0 amide bonds. The quantitative estimate of drug-likeness (QED) is 0.541. The Balaban J connectivity index is 1.99. The van der Waals surface area contributed by atoms with Crippen molar-refractivity contribution in [3.63, 3.8) is 0 Å². The second kappa shape index (κ2) is 2.19. The third-order valence-corrected chi connectivity index (χ3v) is 3.16. The van der Waals surface area contributed by atoms with Crippen LogP contribution in [0.1, 0.15) is 25.7 Å². The minimum Gasteiger partial charge on any atom is -0.317 e. The summed E-state index contributed by atoms with van der Waals surface area (Å²) < 4.78 is 13.0. The molecule has 0 aromatic rings. The molecule has 1 aliphatic heterocycles. The van der Waals surface area contributed by atoms with E-state index < -0.39 is 6.17 Å². The second-order valence-corrected chi connectivity index (χ2v) is 3.62. The predicted molar refractivity (Wildman–Crippen MR) is 38.7 cm³/mol. The summed E-state index contributed by atoms with van der Waals surface area (Å²) in [5.74, 6) is 0. The van der Waals surface area contributed by atoms with Gasteiger partial charge >= 0.3 is 0 Å². The highest BCUT2D eigenvalue weighted by molar-refractivity contribution is 4.98. The maximum absolute atomic E-state index is 13.0. The fourth-order valence-corrected chi connectivity index (χ4v) is 2.15. The van der Waals surface area contributed by atoms with E-state index in [9.17, 15) is 4.39 Å². The normalized spacial score (nSPS) is 37.5. The van der Waals surface area contributed by atoms with Crippen molar-refractivity contribution in [2.24, 2.45) is 5.41 Å². The summed E-state index contributed by atoms with van der Waals surface area (Å²) in [5, 5.41) is 3.26. The fraction of sp³-hybridized carbons (Fsp3) is 1.00. The highest BCUT2D eigenvalue weighted by atomic mass is 19.1. The zero-order valence-corrected chi connectivity index (χ0v) is 6.20. The summed E-state index contributed by atoms with van der Waals surface area (Å²) in [7, 11) is 0. The minimum atomic E-state index is -0.477. The summed E-state index contributed by atoms with van der Waals surface area (Å²) >= 11 is 0. The van der Waals surface area contributed by atoms with E-state index in [1.54, 1.807) is 0 Å². The number of piperidine rings is 1. The van der Waals surface area contributed by atoms with E-state index in [1.165, 1.54) is 0 Å². The number of alkyl halides is 1. The Hall–Kier alpha value is -0.110. The van der Waals surface area contributed by atoms with E-state index >= 15 is 0 Å². The van der Waals surface area contributed by atoms with Crippen molar-refractivity contribution in [2.75, 3.05) is 13.1 Å². The van der Waals surface area contributed by atoms with Gasteiger partial charge in [0.2, 0.25) is 0 Å². The molecule has 1 heterocycles. The van der Waals surface area contributed by atoms with Gasteiger partial charge < -0.3 is 5.32 Å². The van der Waals surface area contributed by atoms with Crippen LogP contribution >= 0.6 is 0 Å². The summed E-state index contributed by atoms with van der Waals surface area (Å²) in [4.78, 5) is 0. The molecule has 0 unspecified atom stereocenters. The minimum absolute atomic E-state index is 0.130. The molecule has 1 saturated heterocycles. The van der Waals surface area contributed by atoms with Gasteiger partial charge in [0.15, 0.2) is 0 Å². The average Bonchev–Trinajstić information content (AvgIpc) is 2.04. The molecule has 1 atom stereocenters. The van der Waals surface area contributed by atoms with Crippen LogP contribution in [-0.4, -0.2) is 19.3 Å². The first kappa shape index (κ1) is 6.59. The highest BCUT2D eigenvalue weighted by Crippen LogP contribution is 2.49. The summed E-state index contributed by atoms with van der Waals surface area (Å²) in [5.41, 5.74) is 0.130. The van der Waals surface area contributed by atoms with Gasteiger partial charge in [0, 0.05) is 5.41 Å². The van der Waals surface area contributed by atoms with Crippen molar-refractivity contribution in [1.82, 2.24) is 5.32 Å². The maximum atomic E-state index is 13.0. The molecular weight excluding hydrogens is 129 g/mol. The van der Waals surface area contributed by atoms with Crippen LogP contribution in [0.15, 0.2) is 0 Å². The van der Waals surface area contributed by atoms with Gasteiger partial charge in [-0.05, 0) is 38.8 Å². The van der Waals surface area contributed by atoms with Crippen LogP contribution in [-0.2, 0) is 0 Å².